The van der Waals surface area contributed by atoms with Crippen LogP contribution in [0, 0.1) is 47.3 Å². The van der Waals surface area contributed by atoms with Gasteiger partial charge in [0.25, 0.3) is 0 Å². The first-order valence-corrected chi connectivity index (χ1v) is 21.7. The summed E-state index contributed by atoms with van der Waals surface area (Å²) >= 11 is 0. The lowest BCUT2D eigenvalue weighted by molar-refractivity contribution is 0.112. The second-order valence-corrected chi connectivity index (χ2v) is 18.1. The van der Waals surface area contributed by atoms with Crippen LogP contribution >= 0.6 is 0 Å². The highest BCUT2D eigenvalue weighted by Crippen LogP contribution is 2.27. The summed E-state index contributed by atoms with van der Waals surface area (Å²) in [7, 11) is 0. The first-order chi connectivity index (χ1) is 23.9. The Hall–Kier alpha value is -1.51. The first kappa shape index (κ1) is 46.5. The van der Waals surface area contributed by atoms with Crippen molar-refractivity contribution in [3.63, 3.8) is 0 Å². The van der Waals surface area contributed by atoms with Crippen molar-refractivity contribution >= 4 is 6.29 Å². The predicted molar refractivity (Wildman–Crippen MR) is 220 cm³/mol. The van der Waals surface area contributed by atoms with Crippen molar-refractivity contribution < 1.29 is 14.3 Å². The molecule has 0 N–H and O–H groups in total. The Labute approximate surface area is 313 Å². The fraction of sp³-hybridized carbons (Fsp3) is 0.851. The molecule has 0 radical (unpaired) electrons. The maximum absolute atomic E-state index is 11.6. The van der Waals surface area contributed by atoms with Gasteiger partial charge < -0.3 is 9.47 Å². The van der Waals surface area contributed by atoms with Gasteiger partial charge in [-0.3, -0.25) is 4.79 Å². The molecule has 292 valence electrons. The number of aldehydes is 1. The SMILES string of the molecule is CC(C)CCC[C@@H](C)CCC[C@@H](C)CCCC(C)CCOc1cc(C=O)cc(OCCC(C)CCC[C@H](C)CCC[C@H](C)CCCC(C)C)c1. The van der Waals surface area contributed by atoms with Crippen LogP contribution < -0.4 is 9.47 Å². The molecule has 0 spiro atoms. The van der Waals surface area contributed by atoms with Crippen LogP contribution in [0.5, 0.6) is 11.5 Å². The number of benzene rings is 1. The number of rotatable bonds is 33. The van der Waals surface area contributed by atoms with Gasteiger partial charge in [0.1, 0.15) is 17.8 Å². The fourth-order valence-corrected chi connectivity index (χ4v) is 7.46. The summed E-state index contributed by atoms with van der Waals surface area (Å²) in [4.78, 5) is 11.6. The Balaban J connectivity index is 2.22. The number of carbonyl (C=O) groups excluding carboxylic acids is 1. The van der Waals surface area contributed by atoms with Gasteiger partial charge in [0.15, 0.2) is 0 Å². The zero-order chi connectivity index (χ0) is 37.1. The lowest BCUT2D eigenvalue weighted by Crippen LogP contribution is -2.07. The van der Waals surface area contributed by atoms with E-state index in [1.54, 1.807) is 0 Å². The van der Waals surface area contributed by atoms with Gasteiger partial charge in [-0.25, -0.2) is 0 Å². The molecule has 0 saturated carbocycles. The van der Waals surface area contributed by atoms with Gasteiger partial charge in [0.05, 0.1) is 13.2 Å². The minimum absolute atomic E-state index is 0.622. The molecule has 3 heteroatoms. The molecule has 1 rings (SSSR count). The van der Waals surface area contributed by atoms with Crippen LogP contribution in [-0.2, 0) is 0 Å². The lowest BCUT2D eigenvalue weighted by Gasteiger charge is -2.17. The van der Waals surface area contributed by atoms with Crippen molar-refractivity contribution in [3.05, 3.63) is 23.8 Å². The van der Waals surface area contributed by atoms with Crippen LogP contribution in [0.2, 0.25) is 0 Å². The third-order valence-electron chi connectivity index (χ3n) is 11.3. The van der Waals surface area contributed by atoms with Crippen molar-refractivity contribution in [2.45, 2.75) is 198 Å². The van der Waals surface area contributed by atoms with Crippen molar-refractivity contribution in [1.82, 2.24) is 0 Å². The van der Waals surface area contributed by atoms with E-state index in [1.165, 1.54) is 116 Å². The van der Waals surface area contributed by atoms with Crippen molar-refractivity contribution in [2.75, 3.05) is 13.2 Å². The highest BCUT2D eigenvalue weighted by Gasteiger charge is 2.11. The molecular weight excluding hydrogens is 613 g/mol. The van der Waals surface area contributed by atoms with Gasteiger partial charge in [0, 0.05) is 11.6 Å². The lowest BCUT2D eigenvalue weighted by atomic mass is 9.91. The Morgan fingerprint density at radius 3 is 0.920 bits per heavy atom. The van der Waals surface area contributed by atoms with Crippen molar-refractivity contribution in [3.8, 4) is 11.5 Å². The Bertz CT molecular complexity index is 870. The molecule has 1 aromatic rings. The molecular formula is C47H86O3. The quantitative estimate of drug-likeness (QED) is 0.0686. The predicted octanol–water partition coefficient (Wildman–Crippen LogP) is 15.2. The Kier molecular flexibility index (Phi) is 27.0. The van der Waals surface area contributed by atoms with Crippen LogP contribution in [0.4, 0.5) is 0 Å². The first-order valence-electron chi connectivity index (χ1n) is 21.7. The second-order valence-electron chi connectivity index (χ2n) is 18.1. The van der Waals surface area contributed by atoms with Gasteiger partial charge in [-0.05, 0) is 72.3 Å². The molecule has 0 aromatic heterocycles. The van der Waals surface area contributed by atoms with E-state index in [2.05, 4.69) is 69.2 Å². The molecule has 0 fully saturated rings. The highest BCUT2D eigenvalue weighted by molar-refractivity contribution is 5.76. The largest absolute Gasteiger partial charge is 0.493 e. The zero-order valence-corrected chi connectivity index (χ0v) is 35.2. The van der Waals surface area contributed by atoms with Gasteiger partial charge in [-0.2, -0.15) is 0 Å². The van der Waals surface area contributed by atoms with Crippen molar-refractivity contribution in [2.24, 2.45) is 47.3 Å². The van der Waals surface area contributed by atoms with Crippen LogP contribution in [0.3, 0.4) is 0 Å². The van der Waals surface area contributed by atoms with Crippen LogP contribution in [-0.4, -0.2) is 19.5 Å². The number of ether oxygens (including phenoxy) is 2. The van der Waals surface area contributed by atoms with Crippen molar-refractivity contribution in [1.29, 1.82) is 0 Å². The van der Waals surface area contributed by atoms with Crippen LogP contribution in [0.1, 0.15) is 208 Å². The smallest absolute Gasteiger partial charge is 0.150 e. The maximum atomic E-state index is 11.6. The molecule has 0 amide bonds. The molecule has 0 aliphatic heterocycles. The molecule has 2 unspecified atom stereocenters. The van der Waals surface area contributed by atoms with Gasteiger partial charge in [-0.1, -0.05) is 185 Å². The van der Waals surface area contributed by atoms with E-state index in [0.29, 0.717) is 30.6 Å². The Morgan fingerprint density at radius 2 is 0.660 bits per heavy atom. The molecule has 0 bridgehead atoms. The molecule has 0 aliphatic rings. The number of carbonyl (C=O) groups is 1. The zero-order valence-electron chi connectivity index (χ0n) is 35.2. The highest BCUT2D eigenvalue weighted by atomic mass is 16.5. The third-order valence-corrected chi connectivity index (χ3v) is 11.3. The molecule has 0 saturated heterocycles. The second kappa shape index (κ2) is 29.0. The molecule has 1 aromatic carbocycles. The van der Waals surface area contributed by atoms with E-state index in [0.717, 1.165) is 66.1 Å². The number of hydrogen-bond donors (Lipinski definition) is 0. The monoisotopic (exact) mass is 699 g/mol. The average Bonchev–Trinajstić information content (AvgIpc) is 3.04. The summed E-state index contributed by atoms with van der Waals surface area (Å²) in [6.45, 7) is 25.2. The summed E-state index contributed by atoms with van der Waals surface area (Å²) in [5.41, 5.74) is 0.622. The van der Waals surface area contributed by atoms with E-state index >= 15 is 0 Å². The summed E-state index contributed by atoms with van der Waals surface area (Å²) in [6, 6.07) is 5.64. The topological polar surface area (TPSA) is 35.5 Å². The normalized spacial score (nSPS) is 15.5. The average molecular weight is 699 g/mol. The van der Waals surface area contributed by atoms with Gasteiger partial charge in [-0.15, -0.1) is 0 Å². The molecule has 50 heavy (non-hydrogen) atoms. The third kappa shape index (κ3) is 26.3. The standard InChI is InChI=1S/C47H86O3/c1-37(2)17-11-19-39(5)21-13-23-41(7)25-15-27-43(9)29-31-49-46-33-45(36-48)34-47(35-46)50-32-30-44(10)28-16-26-42(8)24-14-22-40(6)20-12-18-38(3)4/h33-44H,11-32H2,1-10H3/t39-,40-,41-,42-,43?,44?/m1/s1. The van der Waals surface area contributed by atoms with Gasteiger partial charge in [0.2, 0.25) is 0 Å². The van der Waals surface area contributed by atoms with Gasteiger partial charge >= 0.3 is 0 Å². The van der Waals surface area contributed by atoms with Crippen LogP contribution in [0.15, 0.2) is 18.2 Å². The minimum atomic E-state index is 0.622. The van der Waals surface area contributed by atoms with E-state index in [9.17, 15) is 4.79 Å². The van der Waals surface area contributed by atoms with E-state index in [-0.39, 0.29) is 0 Å². The maximum Gasteiger partial charge on any atom is 0.150 e. The molecule has 0 heterocycles. The van der Waals surface area contributed by atoms with Crippen LogP contribution in [0.25, 0.3) is 0 Å². The van der Waals surface area contributed by atoms with E-state index in [4.69, 9.17) is 9.47 Å². The summed E-state index contributed by atoms with van der Waals surface area (Å²) in [5, 5.41) is 0. The minimum Gasteiger partial charge on any atom is -0.493 e. The summed E-state index contributed by atoms with van der Waals surface area (Å²) in [5.74, 6) is 7.88. The molecule has 3 nitrogen and oxygen atoms in total. The number of hydrogen-bond acceptors (Lipinski definition) is 3. The van der Waals surface area contributed by atoms with E-state index < -0.39 is 0 Å². The molecule has 0 aliphatic carbocycles. The molecule has 6 atom stereocenters. The Morgan fingerprint density at radius 1 is 0.400 bits per heavy atom. The van der Waals surface area contributed by atoms with E-state index in [1.807, 2.05) is 18.2 Å². The summed E-state index contributed by atoms with van der Waals surface area (Å²) < 4.78 is 12.3. The summed E-state index contributed by atoms with van der Waals surface area (Å²) in [6.07, 6.45) is 27.4. The fourth-order valence-electron chi connectivity index (χ4n) is 7.46.